The van der Waals surface area contributed by atoms with Crippen molar-refractivity contribution in [1.82, 2.24) is 0 Å². The molecule has 4 saturated carbocycles. The molecule has 4 aliphatic rings. The minimum atomic E-state index is -0.430. The van der Waals surface area contributed by atoms with Crippen molar-refractivity contribution >= 4 is 11.8 Å². The van der Waals surface area contributed by atoms with E-state index in [-0.39, 0.29) is 17.2 Å². The number of ether oxygens (including phenoxy) is 2. The summed E-state index contributed by atoms with van der Waals surface area (Å²) in [6.45, 7) is 0. The van der Waals surface area contributed by atoms with Crippen LogP contribution >= 0.6 is 0 Å². The first-order valence-electron chi connectivity index (χ1n) is 8.78. The van der Waals surface area contributed by atoms with Gasteiger partial charge < -0.3 is 9.47 Å². The zero-order valence-corrected chi connectivity index (χ0v) is 14.3. The average molecular weight is 328 g/mol. The largest absolute Gasteiger partial charge is 0.497 e. The second-order valence-corrected chi connectivity index (χ2v) is 8.07. The monoisotopic (exact) mass is 328 g/mol. The van der Waals surface area contributed by atoms with Crippen LogP contribution in [0.5, 0.6) is 5.75 Å². The van der Waals surface area contributed by atoms with Crippen LogP contribution in [0.2, 0.25) is 0 Å². The lowest BCUT2D eigenvalue weighted by atomic mass is 9.43. The third kappa shape index (κ3) is 2.19. The summed E-state index contributed by atoms with van der Waals surface area (Å²) in [6.07, 6.45) is 5.46. The molecular formula is C20H24O4. The molecule has 0 amide bonds. The molecule has 128 valence electrons. The molecule has 24 heavy (non-hydrogen) atoms. The molecule has 0 heterocycles. The van der Waals surface area contributed by atoms with Crippen molar-refractivity contribution in [3.63, 3.8) is 0 Å². The molecule has 4 atom stereocenters. The van der Waals surface area contributed by atoms with Crippen LogP contribution in [0.25, 0.3) is 0 Å². The number of benzene rings is 1. The smallest absolute Gasteiger partial charge is 0.311 e. The van der Waals surface area contributed by atoms with E-state index in [4.69, 9.17) is 9.47 Å². The number of ketones is 1. The number of rotatable bonds is 4. The minimum absolute atomic E-state index is 0.108. The van der Waals surface area contributed by atoms with Crippen LogP contribution in [0.4, 0.5) is 0 Å². The van der Waals surface area contributed by atoms with Crippen molar-refractivity contribution in [3.8, 4) is 5.75 Å². The third-order valence-electron chi connectivity index (χ3n) is 6.51. The van der Waals surface area contributed by atoms with E-state index in [0.717, 1.165) is 43.4 Å². The van der Waals surface area contributed by atoms with Gasteiger partial charge in [-0.1, -0.05) is 0 Å². The Morgan fingerprint density at radius 2 is 1.54 bits per heavy atom. The number of hydrogen-bond acceptors (Lipinski definition) is 4. The van der Waals surface area contributed by atoms with Gasteiger partial charge in [0.05, 0.1) is 19.6 Å². The van der Waals surface area contributed by atoms with Gasteiger partial charge in [0.1, 0.15) is 5.75 Å². The van der Waals surface area contributed by atoms with Gasteiger partial charge in [0.2, 0.25) is 0 Å². The molecule has 5 rings (SSSR count). The normalized spacial score (nSPS) is 36.4. The first-order chi connectivity index (χ1) is 11.5. The van der Waals surface area contributed by atoms with E-state index >= 15 is 0 Å². The van der Waals surface area contributed by atoms with Crippen molar-refractivity contribution in [2.45, 2.75) is 38.5 Å². The van der Waals surface area contributed by atoms with Gasteiger partial charge in [-0.25, -0.2) is 0 Å². The van der Waals surface area contributed by atoms with Crippen LogP contribution in [-0.4, -0.2) is 26.0 Å². The van der Waals surface area contributed by atoms with Crippen LogP contribution < -0.4 is 4.74 Å². The molecule has 0 aliphatic heterocycles. The summed E-state index contributed by atoms with van der Waals surface area (Å²) in [4.78, 5) is 25.9. The fourth-order valence-electron chi connectivity index (χ4n) is 6.03. The Hall–Kier alpha value is -1.84. The summed E-state index contributed by atoms with van der Waals surface area (Å²) in [5, 5.41) is 0. The van der Waals surface area contributed by atoms with Gasteiger partial charge >= 0.3 is 5.97 Å². The van der Waals surface area contributed by atoms with Crippen LogP contribution in [-0.2, 0) is 9.53 Å². The maximum atomic E-state index is 13.4. The van der Waals surface area contributed by atoms with Gasteiger partial charge in [-0.05, 0) is 74.6 Å². The maximum Gasteiger partial charge on any atom is 0.311 e. The number of Topliss-reactive ketones (excluding diaryl/α,β-unsaturated/α-hetero) is 1. The Labute approximate surface area is 142 Å². The van der Waals surface area contributed by atoms with Gasteiger partial charge in [-0.3, -0.25) is 9.59 Å². The molecule has 0 aromatic heterocycles. The van der Waals surface area contributed by atoms with Crippen LogP contribution in [0.3, 0.4) is 0 Å². The van der Waals surface area contributed by atoms with Crippen molar-refractivity contribution in [2.75, 3.05) is 14.2 Å². The van der Waals surface area contributed by atoms with E-state index in [0.29, 0.717) is 18.3 Å². The fourth-order valence-corrected chi connectivity index (χ4v) is 6.03. The number of esters is 1. The molecule has 2 unspecified atom stereocenters. The SMILES string of the molecule is COC(=O)C12C[C@H]3C[C@@H](C1)CC(C(=O)c1ccc(OC)cc1)(C3)C2. The Morgan fingerprint density at radius 1 is 0.958 bits per heavy atom. The third-order valence-corrected chi connectivity index (χ3v) is 6.51. The molecule has 0 radical (unpaired) electrons. The molecule has 0 N–H and O–H groups in total. The minimum Gasteiger partial charge on any atom is -0.497 e. The maximum absolute atomic E-state index is 13.4. The Kier molecular flexibility index (Phi) is 3.48. The summed E-state index contributed by atoms with van der Waals surface area (Å²) in [5.41, 5.74) is -0.0776. The van der Waals surface area contributed by atoms with Crippen LogP contribution in [0, 0.1) is 22.7 Å². The molecule has 4 heteroatoms. The second kappa shape index (κ2) is 5.33. The van der Waals surface area contributed by atoms with E-state index in [2.05, 4.69) is 0 Å². The number of methoxy groups -OCH3 is 2. The lowest BCUT2D eigenvalue weighted by Crippen LogP contribution is -2.57. The molecule has 4 bridgehead atoms. The van der Waals surface area contributed by atoms with E-state index in [1.54, 1.807) is 7.11 Å². The molecule has 0 saturated heterocycles. The first-order valence-corrected chi connectivity index (χ1v) is 8.78. The average Bonchev–Trinajstić information content (AvgIpc) is 2.59. The summed E-state index contributed by atoms with van der Waals surface area (Å²) in [7, 11) is 3.09. The molecule has 1 aromatic carbocycles. The highest BCUT2D eigenvalue weighted by Crippen LogP contribution is 2.66. The standard InChI is InChI=1S/C20H24O4/c1-23-16-5-3-15(4-6-16)17(21)19-8-13-7-14(9-19)11-20(10-13,12-19)18(22)24-2/h3-6,13-14H,7-12H2,1-2H3/t13-,14+,19?,20?. The predicted molar refractivity (Wildman–Crippen MR) is 88.9 cm³/mol. The van der Waals surface area contributed by atoms with Gasteiger partial charge in [-0.15, -0.1) is 0 Å². The molecule has 4 aliphatic carbocycles. The van der Waals surface area contributed by atoms with E-state index in [9.17, 15) is 9.59 Å². The van der Waals surface area contributed by atoms with Crippen molar-refractivity contribution in [3.05, 3.63) is 29.8 Å². The number of hydrogen-bond donors (Lipinski definition) is 0. The van der Waals surface area contributed by atoms with E-state index in [1.807, 2.05) is 24.3 Å². The van der Waals surface area contributed by atoms with E-state index < -0.39 is 5.41 Å². The van der Waals surface area contributed by atoms with Crippen molar-refractivity contribution < 1.29 is 19.1 Å². The summed E-state index contributed by atoms with van der Waals surface area (Å²) < 4.78 is 10.3. The fraction of sp³-hybridized carbons (Fsp3) is 0.600. The van der Waals surface area contributed by atoms with Crippen LogP contribution in [0.15, 0.2) is 24.3 Å². The summed E-state index contributed by atoms with van der Waals surface area (Å²) in [6, 6.07) is 7.38. The van der Waals surface area contributed by atoms with Gasteiger partial charge in [0.15, 0.2) is 5.78 Å². The first kappa shape index (κ1) is 15.7. The predicted octanol–water partition coefficient (Wildman–Crippen LogP) is 3.64. The highest BCUT2D eigenvalue weighted by Gasteiger charge is 2.63. The Bertz CT molecular complexity index is 661. The zero-order chi connectivity index (χ0) is 16.9. The molecule has 4 fully saturated rings. The molecule has 4 nitrogen and oxygen atoms in total. The lowest BCUT2D eigenvalue weighted by molar-refractivity contribution is -0.173. The van der Waals surface area contributed by atoms with Crippen molar-refractivity contribution in [1.29, 1.82) is 0 Å². The van der Waals surface area contributed by atoms with Gasteiger partial charge in [0, 0.05) is 11.0 Å². The molecule has 0 spiro atoms. The zero-order valence-electron chi connectivity index (χ0n) is 14.3. The Morgan fingerprint density at radius 3 is 2.08 bits per heavy atom. The Balaban J connectivity index is 1.68. The highest BCUT2D eigenvalue weighted by molar-refractivity contribution is 6.01. The molecular weight excluding hydrogens is 304 g/mol. The number of carbonyl (C=O) groups excluding carboxylic acids is 2. The topological polar surface area (TPSA) is 52.6 Å². The van der Waals surface area contributed by atoms with Gasteiger partial charge in [-0.2, -0.15) is 0 Å². The molecule has 1 aromatic rings. The van der Waals surface area contributed by atoms with Gasteiger partial charge in [0.25, 0.3) is 0 Å². The van der Waals surface area contributed by atoms with Crippen molar-refractivity contribution in [2.24, 2.45) is 22.7 Å². The highest BCUT2D eigenvalue weighted by atomic mass is 16.5. The number of carbonyl (C=O) groups is 2. The van der Waals surface area contributed by atoms with E-state index in [1.165, 1.54) is 7.11 Å². The second-order valence-electron chi connectivity index (χ2n) is 8.07. The summed E-state index contributed by atoms with van der Waals surface area (Å²) >= 11 is 0. The quantitative estimate of drug-likeness (QED) is 0.625. The lowest BCUT2D eigenvalue weighted by Gasteiger charge is -2.60. The van der Waals surface area contributed by atoms with Crippen LogP contribution in [0.1, 0.15) is 48.9 Å². The summed E-state index contributed by atoms with van der Waals surface area (Å²) in [5.74, 6) is 1.80.